The summed E-state index contributed by atoms with van der Waals surface area (Å²) < 4.78 is 5.05. The second kappa shape index (κ2) is 9.16. The monoisotopic (exact) mass is 400 g/mol. The van der Waals surface area contributed by atoms with E-state index in [2.05, 4.69) is 10.6 Å². The first-order valence-corrected chi connectivity index (χ1v) is 8.04. The summed E-state index contributed by atoms with van der Waals surface area (Å²) in [5, 5.41) is 25.1. The Labute approximate surface area is 164 Å². The highest BCUT2D eigenvalue weighted by molar-refractivity contribution is 6.30. The molecular weight excluding hydrogens is 388 g/mol. The molecule has 0 atom stereocenters. The molecule has 2 aromatic carbocycles. The fourth-order valence-corrected chi connectivity index (χ4v) is 2.18. The molecule has 0 heterocycles. The van der Waals surface area contributed by atoms with Crippen LogP contribution in [0.5, 0.6) is 5.75 Å². The summed E-state index contributed by atoms with van der Waals surface area (Å²) in [5.41, 5.74) is -0.0846. The van der Waals surface area contributed by atoms with Crippen molar-refractivity contribution in [3.05, 3.63) is 74.9 Å². The second-order valence-electron chi connectivity index (χ2n) is 5.25. The molecule has 142 valence electrons. The molecule has 0 radical (unpaired) electrons. The number of nitrogens with zero attached hydrogens (tertiary/aromatic N) is 2. The van der Waals surface area contributed by atoms with E-state index in [1.807, 2.05) is 0 Å². The summed E-state index contributed by atoms with van der Waals surface area (Å²) in [5.74, 6) is -1.48. The molecule has 0 bridgehead atoms. The lowest BCUT2D eigenvalue weighted by Crippen LogP contribution is -2.31. The van der Waals surface area contributed by atoms with Gasteiger partial charge in [-0.1, -0.05) is 11.6 Å². The third-order valence-electron chi connectivity index (χ3n) is 3.47. The number of ether oxygens (including phenoxy) is 1. The van der Waals surface area contributed by atoms with E-state index in [9.17, 15) is 19.7 Å². The van der Waals surface area contributed by atoms with Crippen molar-refractivity contribution in [1.82, 2.24) is 5.32 Å². The molecule has 2 rings (SSSR count). The number of non-ortho nitro benzene ring substituents is 1. The lowest BCUT2D eigenvalue weighted by molar-refractivity contribution is -0.384. The third-order valence-corrected chi connectivity index (χ3v) is 3.72. The molecule has 0 aliphatic carbocycles. The van der Waals surface area contributed by atoms with E-state index in [0.717, 1.165) is 6.20 Å². The summed E-state index contributed by atoms with van der Waals surface area (Å²) >= 11 is 5.74. The Morgan fingerprint density at radius 3 is 2.50 bits per heavy atom. The van der Waals surface area contributed by atoms with Crippen molar-refractivity contribution in [1.29, 1.82) is 5.26 Å². The number of halogens is 1. The molecule has 9 nitrogen and oxygen atoms in total. The van der Waals surface area contributed by atoms with Crippen molar-refractivity contribution in [3.8, 4) is 11.8 Å². The quantitative estimate of drug-likeness (QED) is 0.329. The van der Waals surface area contributed by atoms with Crippen molar-refractivity contribution in [2.45, 2.75) is 0 Å². The number of imide groups is 1. The van der Waals surface area contributed by atoms with Gasteiger partial charge in [0.1, 0.15) is 17.4 Å². The summed E-state index contributed by atoms with van der Waals surface area (Å²) in [6, 6.07) is 11.3. The van der Waals surface area contributed by atoms with Crippen LogP contribution in [0.4, 0.5) is 11.4 Å². The fourth-order valence-electron chi connectivity index (χ4n) is 2.06. The molecule has 0 saturated carbocycles. The van der Waals surface area contributed by atoms with E-state index in [1.54, 1.807) is 6.07 Å². The van der Waals surface area contributed by atoms with Crippen LogP contribution < -0.4 is 15.4 Å². The first-order chi connectivity index (χ1) is 13.3. The first kappa shape index (κ1) is 20.4. The van der Waals surface area contributed by atoms with Crippen LogP contribution in [0, 0.1) is 21.4 Å². The van der Waals surface area contributed by atoms with Crippen LogP contribution in [-0.2, 0) is 4.79 Å². The van der Waals surface area contributed by atoms with E-state index in [1.165, 1.54) is 49.6 Å². The van der Waals surface area contributed by atoms with Crippen molar-refractivity contribution < 1.29 is 19.2 Å². The van der Waals surface area contributed by atoms with Gasteiger partial charge in [0.25, 0.3) is 17.5 Å². The normalized spacial score (nSPS) is 10.5. The summed E-state index contributed by atoms with van der Waals surface area (Å²) in [6.45, 7) is 0. The number of benzene rings is 2. The summed E-state index contributed by atoms with van der Waals surface area (Å²) in [7, 11) is 1.32. The number of carbonyl (C=O) groups excluding carboxylic acids is 2. The summed E-state index contributed by atoms with van der Waals surface area (Å²) in [6.07, 6.45) is 1.06. The number of amides is 2. The number of nitrogens with one attached hydrogen (secondary N) is 2. The number of anilines is 1. The van der Waals surface area contributed by atoms with Crippen LogP contribution in [0.1, 0.15) is 10.4 Å². The van der Waals surface area contributed by atoms with Crippen LogP contribution in [-0.4, -0.2) is 23.8 Å². The third kappa shape index (κ3) is 5.06. The van der Waals surface area contributed by atoms with E-state index in [0.29, 0.717) is 5.02 Å². The lowest BCUT2D eigenvalue weighted by atomic mass is 10.2. The van der Waals surface area contributed by atoms with Crippen LogP contribution >= 0.6 is 11.6 Å². The van der Waals surface area contributed by atoms with Crippen molar-refractivity contribution in [2.75, 3.05) is 12.4 Å². The zero-order chi connectivity index (χ0) is 20.7. The molecule has 2 N–H and O–H groups in total. The molecule has 0 saturated heterocycles. The van der Waals surface area contributed by atoms with Gasteiger partial charge in [0.15, 0.2) is 0 Å². The SMILES string of the molecule is COc1cc([N+](=O)[O-])ccc1N/C=C(\C#N)C(=O)NC(=O)c1ccc(Cl)cc1. The molecule has 0 aliphatic heterocycles. The number of hydrogen-bond acceptors (Lipinski definition) is 7. The van der Waals surface area contributed by atoms with Gasteiger partial charge in [-0.15, -0.1) is 0 Å². The molecule has 0 spiro atoms. The van der Waals surface area contributed by atoms with E-state index >= 15 is 0 Å². The molecule has 0 unspecified atom stereocenters. The van der Waals surface area contributed by atoms with Crippen molar-refractivity contribution >= 4 is 34.8 Å². The second-order valence-corrected chi connectivity index (χ2v) is 5.68. The van der Waals surface area contributed by atoms with Gasteiger partial charge in [-0.3, -0.25) is 25.0 Å². The predicted molar refractivity (Wildman–Crippen MR) is 101 cm³/mol. The number of rotatable bonds is 6. The maximum Gasteiger partial charge on any atom is 0.273 e. The highest BCUT2D eigenvalue weighted by atomic mass is 35.5. The minimum Gasteiger partial charge on any atom is -0.494 e. The largest absolute Gasteiger partial charge is 0.494 e. The van der Waals surface area contributed by atoms with Crippen LogP contribution in [0.3, 0.4) is 0 Å². The number of nitro groups is 1. The Morgan fingerprint density at radius 2 is 1.93 bits per heavy atom. The zero-order valence-electron chi connectivity index (χ0n) is 14.4. The number of hydrogen-bond donors (Lipinski definition) is 2. The Balaban J connectivity index is 2.14. The number of carbonyl (C=O) groups is 2. The predicted octanol–water partition coefficient (Wildman–Crippen LogP) is 3.03. The van der Waals surface area contributed by atoms with E-state index in [-0.39, 0.29) is 28.3 Å². The van der Waals surface area contributed by atoms with Gasteiger partial charge in [-0.2, -0.15) is 5.26 Å². The standard InChI is InChI=1S/C18H13ClN4O5/c1-28-16-8-14(23(26)27)6-7-15(16)21-10-12(9-20)18(25)22-17(24)11-2-4-13(19)5-3-11/h2-8,10,21H,1H3,(H,22,24,25)/b12-10+. The highest BCUT2D eigenvalue weighted by Crippen LogP contribution is 2.29. The fraction of sp³-hybridized carbons (Fsp3) is 0.0556. The van der Waals surface area contributed by atoms with Crippen LogP contribution in [0.15, 0.2) is 54.2 Å². The minimum atomic E-state index is -0.921. The number of methoxy groups -OCH3 is 1. The van der Waals surface area contributed by atoms with Gasteiger partial charge >= 0.3 is 0 Å². The Bertz CT molecular complexity index is 996. The van der Waals surface area contributed by atoms with E-state index < -0.39 is 16.7 Å². The topological polar surface area (TPSA) is 134 Å². The highest BCUT2D eigenvalue weighted by Gasteiger charge is 2.15. The van der Waals surface area contributed by atoms with Gasteiger partial charge in [-0.25, -0.2) is 0 Å². The molecule has 10 heteroatoms. The maximum absolute atomic E-state index is 12.1. The minimum absolute atomic E-state index is 0.139. The first-order valence-electron chi connectivity index (χ1n) is 7.66. The number of nitro benzene ring substituents is 1. The van der Waals surface area contributed by atoms with E-state index in [4.69, 9.17) is 21.6 Å². The average Bonchev–Trinajstić information content (AvgIpc) is 2.68. The molecule has 0 fully saturated rings. The molecule has 28 heavy (non-hydrogen) atoms. The number of nitriles is 1. The van der Waals surface area contributed by atoms with Gasteiger partial charge in [-0.05, 0) is 30.3 Å². The van der Waals surface area contributed by atoms with Crippen molar-refractivity contribution in [3.63, 3.8) is 0 Å². The van der Waals surface area contributed by atoms with Gasteiger partial charge in [0.05, 0.1) is 23.8 Å². The maximum atomic E-state index is 12.1. The van der Waals surface area contributed by atoms with Crippen LogP contribution in [0.25, 0.3) is 0 Å². The Hall–Kier alpha value is -3.90. The van der Waals surface area contributed by atoms with Gasteiger partial charge in [0.2, 0.25) is 0 Å². The van der Waals surface area contributed by atoms with Crippen LogP contribution in [0.2, 0.25) is 5.02 Å². The smallest absolute Gasteiger partial charge is 0.273 e. The average molecular weight is 401 g/mol. The van der Waals surface area contributed by atoms with Gasteiger partial charge in [0, 0.05) is 22.9 Å². The lowest BCUT2D eigenvalue weighted by Gasteiger charge is -2.08. The van der Waals surface area contributed by atoms with Gasteiger partial charge < -0.3 is 10.1 Å². The Morgan fingerprint density at radius 1 is 1.25 bits per heavy atom. The molecular formula is C18H13ClN4O5. The zero-order valence-corrected chi connectivity index (χ0v) is 15.2. The van der Waals surface area contributed by atoms with Crippen molar-refractivity contribution in [2.24, 2.45) is 0 Å². The molecule has 2 amide bonds. The Kier molecular flexibility index (Phi) is 6.68. The molecule has 2 aromatic rings. The molecule has 0 aliphatic rings. The summed E-state index contributed by atoms with van der Waals surface area (Å²) in [4.78, 5) is 34.4. The molecule has 0 aromatic heterocycles.